The van der Waals surface area contributed by atoms with Crippen LogP contribution in [0.3, 0.4) is 0 Å². The van der Waals surface area contributed by atoms with Gasteiger partial charge in [0.1, 0.15) is 29.6 Å². The first-order chi connectivity index (χ1) is 10.9. The average molecular weight is 322 g/mol. The zero-order chi connectivity index (χ0) is 16.7. The van der Waals surface area contributed by atoms with Crippen LogP contribution in [0.25, 0.3) is 11.0 Å². The number of benzene rings is 1. The monoisotopic (exact) mass is 322 g/mol. The Morgan fingerprint density at radius 2 is 1.83 bits per heavy atom. The molecule has 0 amide bonds. The van der Waals surface area contributed by atoms with Crippen molar-refractivity contribution in [2.24, 2.45) is 0 Å². The molecule has 1 aromatic heterocycles. The van der Waals surface area contributed by atoms with Crippen LogP contribution in [0.5, 0.6) is 5.75 Å². The molecular weight excluding hydrogens is 304 g/mol. The Bertz CT molecular complexity index is 769. The minimum Gasteiger partial charge on any atom is -0.462 e. The maximum absolute atomic E-state index is 11.4. The number of ether oxygens (including phenoxy) is 2. The highest BCUT2D eigenvalue weighted by molar-refractivity contribution is 5.81. The first-order valence-corrected chi connectivity index (χ1v) is 7.27. The van der Waals surface area contributed by atoms with E-state index in [2.05, 4.69) is 0 Å². The largest absolute Gasteiger partial charge is 0.462 e. The van der Waals surface area contributed by atoms with Crippen molar-refractivity contribution in [1.29, 1.82) is 0 Å². The van der Waals surface area contributed by atoms with E-state index < -0.39 is 36.3 Å². The van der Waals surface area contributed by atoms with Crippen molar-refractivity contribution in [1.82, 2.24) is 0 Å². The number of aliphatic hydroxyl groups excluding tert-OH is 3. The standard InChI is InChI=1S/C16H18O7/c1-7-5-12(17)23-11-6-9(3-4-10(7)11)22-16-15(20)14(19)13(18)8(2)21-16/h3-6,8,13-16,18-20H,1-2H3/t8-,13+,14+,15-,16?/m1/s1. The maximum Gasteiger partial charge on any atom is 0.336 e. The van der Waals surface area contributed by atoms with Crippen LogP contribution < -0.4 is 10.4 Å². The second-order valence-electron chi connectivity index (χ2n) is 5.71. The Kier molecular flexibility index (Phi) is 4.11. The normalized spacial score (nSPS) is 31.3. The molecule has 1 unspecified atom stereocenters. The van der Waals surface area contributed by atoms with Crippen molar-refractivity contribution >= 4 is 11.0 Å². The van der Waals surface area contributed by atoms with E-state index in [9.17, 15) is 20.1 Å². The van der Waals surface area contributed by atoms with Gasteiger partial charge in [-0.05, 0) is 31.5 Å². The third-order valence-electron chi connectivity index (χ3n) is 3.98. The van der Waals surface area contributed by atoms with Gasteiger partial charge >= 0.3 is 5.63 Å². The molecule has 7 nitrogen and oxygen atoms in total. The van der Waals surface area contributed by atoms with Gasteiger partial charge in [-0.1, -0.05) is 0 Å². The van der Waals surface area contributed by atoms with E-state index in [0.717, 1.165) is 10.9 Å². The van der Waals surface area contributed by atoms with Gasteiger partial charge in [-0.25, -0.2) is 4.79 Å². The van der Waals surface area contributed by atoms with E-state index >= 15 is 0 Å². The molecule has 1 saturated heterocycles. The molecule has 0 aliphatic carbocycles. The summed E-state index contributed by atoms with van der Waals surface area (Å²) in [6, 6.07) is 6.29. The Labute approximate surface area is 131 Å². The van der Waals surface area contributed by atoms with Crippen LogP contribution in [0, 0.1) is 6.92 Å². The van der Waals surface area contributed by atoms with E-state index in [1.807, 2.05) is 0 Å². The fourth-order valence-electron chi connectivity index (χ4n) is 2.62. The molecule has 2 aromatic rings. The zero-order valence-corrected chi connectivity index (χ0v) is 12.7. The van der Waals surface area contributed by atoms with Crippen molar-refractivity contribution in [3.05, 3.63) is 40.2 Å². The van der Waals surface area contributed by atoms with Gasteiger partial charge in [-0.2, -0.15) is 0 Å². The van der Waals surface area contributed by atoms with Gasteiger partial charge in [0.15, 0.2) is 0 Å². The van der Waals surface area contributed by atoms with Crippen molar-refractivity contribution in [3.8, 4) is 5.75 Å². The van der Waals surface area contributed by atoms with Crippen molar-refractivity contribution in [2.75, 3.05) is 0 Å². The van der Waals surface area contributed by atoms with Crippen LogP contribution in [-0.4, -0.2) is 46.0 Å². The Hall–Kier alpha value is -1.93. The summed E-state index contributed by atoms with van der Waals surface area (Å²) in [5, 5.41) is 30.2. The van der Waals surface area contributed by atoms with E-state index in [4.69, 9.17) is 13.9 Å². The molecule has 3 rings (SSSR count). The van der Waals surface area contributed by atoms with Gasteiger partial charge in [0, 0.05) is 17.5 Å². The number of fused-ring (bicyclic) bond motifs is 1. The van der Waals surface area contributed by atoms with Crippen LogP contribution in [-0.2, 0) is 4.74 Å². The molecule has 0 saturated carbocycles. The third kappa shape index (κ3) is 2.96. The van der Waals surface area contributed by atoms with Gasteiger partial charge in [-0.3, -0.25) is 0 Å². The summed E-state index contributed by atoms with van der Waals surface area (Å²) in [6.45, 7) is 3.37. The summed E-state index contributed by atoms with van der Waals surface area (Å²) in [4.78, 5) is 11.4. The molecule has 2 heterocycles. The van der Waals surface area contributed by atoms with E-state index in [-0.39, 0.29) is 0 Å². The zero-order valence-electron chi connectivity index (χ0n) is 12.7. The lowest BCUT2D eigenvalue weighted by Gasteiger charge is -2.38. The molecule has 1 aliphatic heterocycles. The second-order valence-corrected chi connectivity index (χ2v) is 5.71. The average Bonchev–Trinajstić information content (AvgIpc) is 2.50. The topological polar surface area (TPSA) is 109 Å². The fraction of sp³-hybridized carbons (Fsp3) is 0.438. The molecule has 0 bridgehead atoms. The van der Waals surface area contributed by atoms with Gasteiger partial charge in [0.05, 0.1) is 6.10 Å². The van der Waals surface area contributed by atoms with Crippen molar-refractivity contribution in [3.63, 3.8) is 0 Å². The van der Waals surface area contributed by atoms with Crippen LogP contribution >= 0.6 is 0 Å². The summed E-state index contributed by atoms with van der Waals surface area (Å²) in [5.41, 5.74) is 0.670. The highest BCUT2D eigenvalue weighted by Gasteiger charge is 2.43. The number of aliphatic hydroxyl groups is 3. The molecule has 5 atom stereocenters. The molecule has 124 valence electrons. The molecule has 1 aromatic carbocycles. The van der Waals surface area contributed by atoms with Gasteiger partial charge in [0.2, 0.25) is 6.29 Å². The lowest BCUT2D eigenvalue weighted by molar-refractivity contribution is -0.268. The molecule has 0 radical (unpaired) electrons. The van der Waals surface area contributed by atoms with Gasteiger partial charge in [0.25, 0.3) is 0 Å². The molecule has 3 N–H and O–H groups in total. The lowest BCUT2D eigenvalue weighted by Crippen LogP contribution is -2.58. The van der Waals surface area contributed by atoms with E-state index in [1.54, 1.807) is 26.0 Å². The highest BCUT2D eigenvalue weighted by Crippen LogP contribution is 2.27. The van der Waals surface area contributed by atoms with Crippen LogP contribution in [0.4, 0.5) is 0 Å². The van der Waals surface area contributed by atoms with E-state index in [0.29, 0.717) is 11.3 Å². The summed E-state index contributed by atoms with van der Waals surface area (Å²) in [7, 11) is 0. The minimum absolute atomic E-state index is 0.311. The summed E-state index contributed by atoms with van der Waals surface area (Å²) in [5.74, 6) is 0.311. The number of hydrogen-bond acceptors (Lipinski definition) is 7. The van der Waals surface area contributed by atoms with Gasteiger partial charge < -0.3 is 29.2 Å². The second kappa shape index (κ2) is 5.93. The fourth-order valence-corrected chi connectivity index (χ4v) is 2.62. The maximum atomic E-state index is 11.4. The smallest absolute Gasteiger partial charge is 0.336 e. The Balaban J connectivity index is 1.88. The highest BCUT2D eigenvalue weighted by atomic mass is 16.7. The number of aryl methyl sites for hydroxylation is 1. The van der Waals surface area contributed by atoms with Gasteiger partial charge in [-0.15, -0.1) is 0 Å². The van der Waals surface area contributed by atoms with E-state index in [1.165, 1.54) is 12.1 Å². The molecule has 1 aliphatic rings. The quantitative estimate of drug-likeness (QED) is 0.683. The predicted molar refractivity (Wildman–Crippen MR) is 80.2 cm³/mol. The number of rotatable bonds is 2. The molecule has 1 fully saturated rings. The SMILES string of the molecule is Cc1cc(=O)oc2cc(OC3O[C@H](C)[C@H](O)[C@H](O)[C@H]3O)ccc12. The lowest BCUT2D eigenvalue weighted by atomic mass is 10.00. The first kappa shape index (κ1) is 15.9. The summed E-state index contributed by atoms with van der Waals surface area (Å²) < 4.78 is 16.0. The Morgan fingerprint density at radius 3 is 2.57 bits per heavy atom. The predicted octanol–water partition coefficient (Wildman–Crippen LogP) is 0.308. The minimum atomic E-state index is -1.40. The van der Waals surface area contributed by atoms with Crippen molar-refractivity contribution < 1.29 is 29.2 Å². The molecule has 0 spiro atoms. The van der Waals surface area contributed by atoms with Crippen molar-refractivity contribution in [2.45, 2.75) is 44.6 Å². The van der Waals surface area contributed by atoms with Crippen LogP contribution in [0.15, 0.2) is 33.5 Å². The van der Waals surface area contributed by atoms with Crippen LogP contribution in [0.1, 0.15) is 12.5 Å². The summed E-state index contributed by atoms with van der Waals surface area (Å²) >= 11 is 0. The third-order valence-corrected chi connectivity index (χ3v) is 3.98. The molecular formula is C16H18O7. The molecule has 7 heteroatoms. The summed E-state index contributed by atoms with van der Waals surface area (Å²) in [6.07, 6.45) is -5.80. The Morgan fingerprint density at radius 1 is 1.09 bits per heavy atom. The first-order valence-electron chi connectivity index (χ1n) is 7.27. The number of hydrogen-bond donors (Lipinski definition) is 3. The molecule has 23 heavy (non-hydrogen) atoms. The van der Waals surface area contributed by atoms with Crippen LogP contribution in [0.2, 0.25) is 0 Å².